The number of benzene rings is 1. The Morgan fingerprint density at radius 2 is 2.12 bits per heavy atom. The summed E-state index contributed by atoms with van der Waals surface area (Å²) in [5.74, 6) is -0.181. The summed E-state index contributed by atoms with van der Waals surface area (Å²) in [5, 5.41) is 0. The molecule has 2 N–H and O–H groups in total. The van der Waals surface area contributed by atoms with Gasteiger partial charge in [-0.1, -0.05) is 24.4 Å². The second-order valence-corrected chi connectivity index (χ2v) is 4.13. The molecule has 4 heteroatoms. The van der Waals surface area contributed by atoms with Gasteiger partial charge in [0.2, 0.25) is 0 Å². The highest BCUT2D eigenvalue weighted by Gasteiger charge is 2.08. The second-order valence-electron chi connectivity index (χ2n) is 3.60. The number of nitrogens with two attached hydrogens (primary N) is 1. The molecular formula is C12H17FN2S. The van der Waals surface area contributed by atoms with Crippen molar-refractivity contribution in [3.63, 3.8) is 0 Å². The summed E-state index contributed by atoms with van der Waals surface area (Å²) in [6.07, 6.45) is 1.57. The van der Waals surface area contributed by atoms with Crippen LogP contribution in [0.3, 0.4) is 0 Å². The summed E-state index contributed by atoms with van der Waals surface area (Å²) in [7, 11) is 0. The van der Waals surface area contributed by atoms with E-state index in [1.54, 1.807) is 12.1 Å². The third kappa shape index (κ3) is 3.77. The van der Waals surface area contributed by atoms with E-state index in [4.69, 9.17) is 18.0 Å². The first kappa shape index (κ1) is 12.9. The molecule has 0 unspecified atom stereocenters. The number of nitrogens with zero attached hydrogens (tertiary/aromatic N) is 1. The van der Waals surface area contributed by atoms with Crippen LogP contribution in [0, 0.1) is 5.82 Å². The minimum Gasteiger partial charge on any atom is -0.393 e. The van der Waals surface area contributed by atoms with E-state index in [0.717, 1.165) is 19.5 Å². The van der Waals surface area contributed by atoms with Gasteiger partial charge in [0.05, 0.1) is 10.7 Å². The molecule has 16 heavy (non-hydrogen) atoms. The fraction of sp³-hybridized carbons (Fsp3) is 0.417. The zero-order valence-corrected chi connectivity index (χ0v) is 10.3. The van der Waals surface area contributed by atoms with E-state index in [1.165, 1.54) is 6.07 Å². The van der Waals surface area contributed by atoms with Crippen molar-refractivity contribution in [2.24, 2.45) is 5.73 Å². The molecule has 0 fully saturated rings. The zero-order valence-electron chi connectivity index (χ0n) is 9.45. The maximum Gasteiger partial charge on any atom is 0.146 e. The lowest BCUT2D eigenvalue weighted by atomic mass is 10.2. The standard InChI is InChI=1S/C12H17FN2S/c1-2-15(9-5-8-12(14)16)11-7-4-3-6-10(11)13/h3-4,6-7H,2,5,8-9H2,1H3,(H2,14,16). The van der Waals surface area contributed by atoms with Crippen LogP contribution in [-0.2, 0) is 0 Å². The fourth-order valence-corrected chi connectivity index (χ4v) is 1.75. The van der Waals surface area contributed by atoms with E-state index in [9.17, 15) is 4.39 Å². The number of para-hydroxylation sites is 1. The lowest BCUT2D eigenvalue weighted by molar-refractivity contribution is 0.616. The predicted octanol–water partition coefficient (Wildman–Crippen LogP) is 2.72. The summed E-state index contributed by atoms with van der Waals surface area (Å²) >= 11 is 4.81. The van der Waals surface area contributed by atoms with E-state index in [0.29, 0.717) is 17.1 Å². The van der Waals surface area contributed by atoms with Gasteiger partial charge in [-0.05, 0) is 31.9 Å². The minimum absolute atomic E-state index is 0.181. The number of hydrogen-bond donors (Lipinski definition) is 1. The number of thiocarbonyl (C=S) groups is 1. The van der Waals surface area contributed by atoms with E-state index >= 15 is 0 Å². The van der Waals surface area contributed by atoms with Gasteiger partial charge >= 0.3 is 0 Å². The molecule has 0 aliphatic carbocycles. The number of rotatable bonds is 6. The summed E-state index contributed by atoms with van der Waals surface area (Å²) in [6, 6.07) is 6.81. The molecule has 0 aliphatic rings. The van der Waals surface area contributed by atoms with Gasteiger partial charge in [0.25, 0.3) is 0 Å². The van der Waals surface area contributed by atoms with Crippen molar-refractivity contribution in [3.05, 3.63) is 30.1 Å². The Morgan fingerprint density at radius 3 is 2.69 bits per heavy atom. The van der Waals surface area contributed by atoms with E-state index in [2.05, 4.69) is 0 Å². The second kappa shape index (κ2) is 6.43. The molecule has 0 saturated carbocycles. The predicted molar refractivity (Wildman–Crippen MR) is 70.3 cm³/mol. The summed E-state index contributed by atoms with van der Waals surface area (Å²) in [4.78, 5) is 2.51. The Kier molecular flexibility index (Phi) is 5.19. The molecule has 0 aromatic heterocycles. The minimum atomic E-state index is -0.181. The molecule has 0 radical (unpaired) electrons. The highest BCUT2D eigenvalue weighted by Crippen LogP contribution is 2.18. The smallest absolute Gasteiger partial charge is 0.146 e. The molecule has 0 spiro atoms. The van der Waals surface area contributed by atoms with Gasteiger partial charge in [0.15, 0.2) is 0 Å². The molecule has 0 saturated heterocycles. The molecule has 0 atom stereocenters. The average molecular weight is 240 g/mol. The summed E-state index contributed by atoms with van der Waals surface area (Å²) < 4.78 is 13.5. The van der Waals surface area contributed by atoms with Crippen molar-refractivity contribution in [2.75, 3.05) is 18.0 Å². The van der Waals surface area contributed by atoms with Gasteiger partial charge in [0.1, 0.15) is 5.82 Å². The maximum atomic E-state index is 13.5. The van der Waals surface area contributed by atoms with Crippen LogP contribution < -0.4 is 10.6 Å². The largest absolute Gasteiger partial charge is 0.393 e. The van der Waals surface area contributed by atoms with Gasteiger partial charge in [-0.25, -0.2) is 4.39 Å². The lowest BCUT2D eigenvalue weighted by Gasteiger charge is -2.23. The van der Waals surface area contributed by atoms with Crippen molar-refractivity contribution in [1.29, 1.82) is 0 Å². The topological polar surface area (TPSA) is 29.3 Å². The SMILES string of the molecule is CCN(CCCC(N)=S)c1ccccc1F. The highest BCUT2D eigenvalue weighted by molar-refractivity contribution is 7.80. The molecule has 88 valence electrons. The Hall–Kier alpha value is -1.16. The van der Waals surface area contributed by atoms with Crippen LogP contribution in [0.4, 0.5) is 10.1 Å². The molecule has 1 rings (SSSR count). The van der Waals surface area contributed by atoms with E-state index < -0.39 is 0 Å². The maximum absolute atomic E-state index is 13.5. The molecule has 1 aromatic carbocycles. The summed E-state index contributed by atoms with van der Waals surface area (Å²) in [5.41, 5.74) is 6.07. The first-order valence-electron chi connectivity index (χ1n) is 5.43. The van der Waals surface area contributed by atoms with Gasteiger partial charge in [-0.15, -0.1) is 0 Å². The highest BCUT2D eigenvalue weighted by atomic mass is 32.1. The van der Waals surface area contributed by atoms with Crippen LogP contribution >= 0.6 is 12.2 Å². The first-order valence-corrected chi connectivity index (χ1v) is 5.83. The van der Waals surface area contributed by atoms with Gasteiger partial charge in [0, 0.05) is 13.1 Å². The van der Waals surface area contributed by atoms with Gasteiger partial charge in [-0.2, -0.15) is 0 Å². The van der Waals surface area contributed by atoms with Gasteiger partial charge < -0.3 is 10.6 Å². The van der Waals surface area contributed by atoms with Crippen molar-refractivity contribution < 1.29 is 4.39 Å². The quantitative estimate of drug-likeness (QED) is 0.775. The molecule has 0 amide bonds. The van der Waals surface area contributed by atoms with Crippen molar-refractivity contribution in [3.8, 4) is 0 Å². The van der Waals surface area contributed by atoms with Crippen LogP contribution in [0.25, 0.3) is 0 Å². The molecule has 0 bridgehead atoms. The Morgan fingerprint density at radius 1 is 1.44 bits per heavy atom. The lowest BCUT2D eigenvalue weighted by Crippen LogP contribution is -2.25. The van der Waals surface area contributed by atoms with Crippen LogP contribution in [-0.4, -0.2) is 18.1 Å². The van der Waals surface area contributed by atoms with Crippen LogP contribution in [0.15, 0.2) is 24.3 Å². The Balaban J connectivity index is 2.60. The molecule has 0 aliphatic heterocycles. The van der Waals surface area contributed by atoms with Crippen molar-refractivity contribution >= 4 is 22.9 Å². The molecule has 0 heterocycles. The third-order valence-corrected chi connectivity index (χ3v) is 2.63. The van der Waals surface area contributed by atoms with Crippen LogP contribution in [0.2, 0.25) is 0 Å². The molecule has 2 nitrogen and oxygen atoms in total. The Bertz CT molecular complexity index is 355. The monoisotopic (exact) mass is 240 g/mol. The van der Waals surface area contributed by atoms with Crippen LogP contribution in [0.1, 0.15) is 19.8 Å². The number of anilines is 1. The molecule has 1 aromatic rings. The molecular weight excluding hydrogens is 223 g/mol. The first-order chi connectivity index (χ1) is 7.65. The zero-order chi connectivity index (χ0) is 12.0. The average Bonchev–Trinajstić information content (AvgIpc) is 2.25. The van der Waals surface area contributed by atoms with Gasteiger partial charge in [-0.3, -0.25) is 0 Å². The Labute approximate surface area is 101 Å². The van der Waals surface area contributed by atoms with Crippen LogP contribution in [0.5, 0.6) is 0 Å². The summed E-state index contributed by atoms with van der Waals surface area (Å²) in [6.45, 7) is 3.56. The number of halogens is 1. The van der Waals surface area contributed by atoms with E-state index in [1.807, 2.05) is 17.9 Å². The number of hydrogen-bond acceptors (Lipinski definition) is 2. The van der Waals surface area contributed by atoms with Crippen molar-refractivity contribution in [2.45, 2.75) is 19.8 Å². The van der Waals surface area contributed by atoms with Crippen molar-refractivity contribution in [1.82, 2.24) is 0 Å². The fourth-order valence-electron chi connectivity index (χ4n) is 1.60. The third-order valence-electron chi connectivity index (χ3n) is 2.43. The van der Waals surface area contributed by atoms with E-state index in [-0.39, 0.29) is 5.82 Å². The normalized spacial score (nSPS) is 10.1.